The molecule has 3 N–H and O–H groups in total. The Labute approximate surface area is 164 Å². The summed E-state index contributed by atoms with van der Waals surface area (Å²) in [7, 11) is 1.63. The van der Waals surface area contributed by atoms with Crippen molar-refractivity contribution in [1.29, 1.82) is 0 Å². The molecule has 1 aliphatic rings. The number of aromatic amines is 1. The van der Waals surface area contributed by atoms with Gasteiger partial charge < -0.3 is 24.5 Å². The summed E-state index contributed by atoms with van der Waals surface area (Å²) in [6.07, 6.45) is 2.37. The van der Waals surface area contributed by atoms with Gasteiger partial charge in [0.2, 0.25) is 0 Å². The van der Waals surface area contributed by atoms with E-state index in [-0.39, 0.29) is 12.2 Å². The summed E-state index contributed by atoms with van der Waals surface area (Å²) < 4.78 is 10.5. The first-order valence-corrected chi connectivity index (χ1v) is 9.53. The molecule has 0 saturated heterocycles. The van der Waals surface area contributed by atoms with E-state index < -0.39 is 6.10 Å². The minimum Gasteiger partial charge on any atom is -0.497 e. The number of aliphatic hydroxyl groups is 1. The van der Waals surface area contributed by atoms with Gasteiger partial charge in [-0.1, -0.05) is 18.2 Å². The van der Waals surface area contributed by atoms with Crippen LogP contribution >= 0.6 is 0 Å². The number of methoxy groups -OCH3 is 1. The van der Waals surface area contributed by atoms with Crippen molar-refractivity contribution in [3.05, 3.63) is 69.9 Å². The summed E-state index contributed by atoms with van der Waals surface area (Å²) in [6, 6.07) is 7.75. The second kappa shape index (κ2) is 9.64. The van der Waals surface area contributed by atoms with Gasteiger partial charge in [-0.25, -0.2) is 4.98 Å². The zero-order valence-corrected chi connectivity index (χ0v) is 16.2. The molecule has 7 heteroatoms. The lowest BCUT2D eigenvalue weighted by Gasteiger charge is -2.26. The van der Waals surface area contributed by atoms with Gasteiger partial charge >= 0.3 is 0 Å². The normalized spacial score (nSPS) is 17.0. The lowest BCUT2D eigenvalue weighted by Crippen LogP contribution is -3.13. The summed E-state index contributed by atoms with van der Waals surface area (Å²) in [6.45, 7) is 6.23. The van der Waals surface area contributed by atoms with E-state index in [1.165, 1.54) is 0 Å². The van der Waals surface area contributed by atoms with Crippen LogP contribution < -0.4 is 15.2 Å². The second-order valence-electron chi connectivity index (χ2n) is 7.08. The fourth-order valence-corrected chi connectivity index (χ4v) is 3.53. The summed E-state index contributed by atoms with van der Waals surface area (Å²) in [5.41, 5.74) is 2.53. The molecule has 150 valence electrons. The average Bonchev–Trinajstić information content (AvgIpc) is 2.69. The molecule has 3 rings (SSSR count). The predicted molar refractivity (Wildman–Crippen MR) is 106 cm³/mol. The molecule has 1 aliphatic heterocycles. The van der Waals surface area contributed by atoms with Crippen LogP contribution in [0.15, 0.2) is 41.7 Å². The van der Waals surface area contributed by atoms with Gasteiger partial charge in [0, 0.05) is 12.8 Å². The van der Waals surface area contributed by atoms with Crippen molar-refractivity contribution < 1.29 is 19.5 Å². The zero-order chi connectivity index (χ0) is 19.9. The van der Waals surface area contributed by atoms with E-state index in [1.54, 1.807) is 13.2 Å². The molecule has 1 unspecified atom stereocenters. The van der Waals surface area contributed by atoms with E-state index in [9.17, 15) is 9.90 Å². The number of H-pyrrole nitrogens is 1. The maximum atomic E-state index is 12.6. The number of nitrogens with one attached hydrogen (secondary N) is 2. The van der Waals surface area contributed by atoms with Crippen LogP contribution in [0, 0.1) is 0 Å². The number of rotatable bonds is 9. The minimum absolute atomic E-state index is 0.0857. The number of fused-ring (bicyclic) bond motifs is 1. The van der Waals surface area contributed by atoms with Crippen molar-refractivity contribution in [1.82, 2.24) is 9.97 Å². The quantitative estimate of drug-likeness (QED) is 0.413. The van der Waals surface area contributed by atoms with E-state index in [4.69, 9.17) is 14.5 Å². The van der Waals surface area contributed by atoms with Gasteiger partial charge in [0.15, 0.2) is 0 Å². The highest BCUT2D eigenvalue weighted by Gasteiger charge is 2.26. The number of nitrogens with zero attached hydrogens (tertiary/aromatic N) is 1. The highest BCUT2D eigenvalue weighted by Crippen LogP contribution is 2.15. The van der Waals surface area contributed by atoms with Gasteiger partial charge in [-0.2, -0.15) is 0 Å². The third kappa shape index (κ3) is 5.28. The number of ether oxygens (including phenoxy) is 2. The molecule has 2 aromatic rings. The minimum atomic E-state index is -0.559. The molecule has 0 spiro atoms. The molecule has 28 heavy (non-hydrogen) atoms. The molecule has 1 aromatic heterocycles. The van der Waals surface area contributed by atoms with Crippen molar-refractivity contribution in [3.63, 3.8) is 0 Å². The molecule has 2 heterocycles. The Kier molecular flexibility index (Phi) is 6.97. The molecular formula is C21H28N3O4+. The van der Waals surface area contributed by atoms with E-state index >= 15 is 0 Å². The smallest absolute Gasteiger partial charge is 0.260 e. The molecule has 1 aromatic carbocycles. The first-order valence-electron chi connectivity index (χ1n) is 9.53. The molecule has 7 nitrogen and oxygen atoms in total. The van der Waals surface area contributed by atoms with Crippen LogP contribution in [0.4, 0.5) is 0 Å². The van der Waals surface area contributed by atoms with E-state index in [0.29, 0.717) is 31.9 Å². The third-order valence-electron chi connectivity index (χ3n) is 4.87. The molecule has 0 saturated carbocycles. The van der Waals surface area contributed by atoms with Crippen LogP contribution in [0.1, 0.15) is 22.6 Å². The first-order chi connectivity index (χ1) is 13.6. The monoisotopic (exact) mass is 386 g/mol. The zero-order valence-electron chi connectivity index (χ0n) is 16.2. The Morgan fingerprint density at radius 2 is 2.32 bits per heavy atom. The van der Waals surface area contributed by atoms with Crippen LogP contribution in [0.3, 0.4) is 0 Å². The first kappa shape index (κ1) is 20.3. The fourth-order valence-electron chi connectivity index (χ4n) is 3.53. The maximum absolute atomic E-state index is 12.6. The molecule has 0 amide bonds. The van der Waals surface area contributed by atoms with Gasteiger partial charge in [-0.05, 0) is 17.7 Å². The highest BCUT2D eigenvalue weighted by atomic mass is 16.5. The fraction of sp³-hybridized carbons (Fsp3) is 0.429. The summed E-state index contributed by atoms with van der Waals surface area (Å²) in [4.78, 5) is 21.4. The Balaban J connectivity index is 1.66. The lowest BCUT2D eigenvalue weighted by molar-refractivity contribution is -0.919. The lowest BCUT2D eigenvalue weighted by atomic mass is 10.1. The number of hydrogen-bond acceptors (Lipinski definition) is 5. The van der Waals surface area contributed by atoms with Crippen LogP contribution in [0.2, 0.25) is 0 Å². The predicted octanol–water partition coefficient (Wildman–Crippen LogP) is -0.126. The molecular weight excluding hydrogens is 358 g/mol. The van der Waals surface area contributed by atoms with Crippen LogP contribution in [-0.2, 0) is 24.1 Å². The van der Waals surface area contributed by atoms with E-state index in [0.717, 1.165) is 40.4 Å². The Hall–Kier alpha value is -2.48. The van der Waals surface area contributed by atoms with Crippen molar-refractivity contribution in [3.8, 4) is 5.75 Å². The topological polar surface area (TPSA) is 88.9 Å². The van der Waals surface area contributed by atoms with Gasteiger partial charge in [-0.15, -0.1) is 6.58 Å². The largest absolute Gasteiger partial charge is 0.497 e. The number of aliphatic hydroxyl groups excluding tert-OH is 1. The standard InChI is InChI=1S/C21H27N3O4/c1-3-9-28-14-16(25)12-24-8-7-19-18(13-24)21(26)23-20(22-19)11-15-5-4-6-17(10-15)27-2/h3-6,10,16,25H,1,7-9,11-14H2,2H3,(H,22,23,26)/p+1/t16-/m0/s1. The van der Waals surface area contributed by atoms with Crippen molar-refractivity contribution in [2.24, 2.45) is 0 Å². The third-order valence-corrected chi connectivity index (χ3v) is 4.87. The van der Waals surface area contributed by atoms with Gasteiger partial charge in [0.25, 0.3) is 5.56 Å². The van der Waals surface area contributed by atoms with Gasteiger partial charge in [0.05, 0.1) is 38.1 Å². The van der Waals surface area contributed by atoms with Crippen molar-refractivity contribution in [2.75, 3.05) is 33.4 Å². The Morgan fingerprint density at radius 3 is 3.11 bits per heavy atom. The Morgan fingerprint density at radius 1 is 1.46 bits per heavy atom. The molecule has 0 aliphatic carbocycles. The summed E-state index contributed by atoms with van der Waals surface area (Å²) in [5.74, 6) is 1.45. The van der Waals surface area contributed by atoms with Crippen molar-refractivity contribution in [2.45, 2.75) is 25.5 Å². The maximum Gasteiger partial charge on any atom is 0.260 e. The number of aromatic nitrogens is 2. The second-order valence-corrected chi connectivity index (χ2v) is 7.08. The van der Waals surface area contributed by atoms with Crippen LogP contribution in [0.25, 0.3) is 0 Å². The number of benzene rings is 1. The van der Waals surface area contributed by atoms with Gasteiger partial charge in [0.1, 0.15) is 30.8 Å². The summed E-state index contributed by atoms with van der Waals surface area (Å²) >= 11 is 0. The van der Waals surface area contributed by atoms with E-state index in [1.807, 2.05) is 24.3 Å². The van der Waals surface area contributed by atoms with Crippen LogP contribution in [-0.4, -0.2) is 54.6 Å². The molecule has 0 bridgehead atoms. The molecule has 2 atom stereocenters. The van der Waals surface area contributed by atoms with Crippen LogP contribution in [0.5, 0.6) is 5.75 Å². The average molecular weight is 386 g/mol. The van der Waals surface area contributed by atoms with Crippen molar-refractivity contribution >= 4 is 0 Å². The Bertz CT molecular complexity index is 865. The number of quaternary nitrogens is 1. The molecule has 0 fully saturated rings. The van der Waals surface area contributed by atoms with E-state index in [2.05, 4.69) is 11.6 Å². The number of hydrogen-bond donors (Lipinski definition) is 3. The summed E-state index contributed by atoms with van der Waals surface area (Å²) in [5, 5.41) is 10.1. The van der Waals surface area contributed by atoms with Gasteiger partial charge in [-0.3, -0.25) is 4.79 Å². The highest BCUT2D eigenvalue weighted by molar-refractivity contribution is 5.30. The SMILES string of the molecule is C=CCOC[C@@H](O)C[NH+]1CCc2nc(Cc3cccc(OC)c3)[nH]c(=O)c2C1. The molecule has 0 radical (unpaired) electrons.